The van der Waals surface area contributed by atoms with Crippen LogP contribution in [0.2, 0.25) is 0 Å². The number of nitrogens with one attached hydrogen (secondary N) is 1. The number of rotatable bonds is 4. The zero-order chi connectivity index (χ0) is 17.1. The number of likely N-dealkylation sites (tertiary alicyclic amines) is 1. The van der Waals surface area contributed by atoms with Crippen LogP contribution in [-0.4, -0.2) is 33.9 Å². The van der Waals surface area contributed by atoms with Crippen LogP contribution in [0.4, 0.5) is 5.82 Å². The first-order valence-corrected chi connectivity index (χ1v) is 8.48. The second-order valence-corrected chi connectivity index (χ2v) is 6.38. The van der Waals surface area contributed by atoms with Gasteiger partial charge in [0.05, 0.1) is 0 Å². The third kappa shape index (κ3) is 3.55. The summed E-state index contributed by atoms with van der Waals surface area (Å²) in [5.74, 6) is 1.79. The predicted molar refractivity (Wildman–Crippen MR) is 95.1 cm³/mol. The molecule has 1 saturated heterocycles. The number of carbonyl (C=O) groups excluding carboxylic acids is 1. The molecule has 5 heteroatoms. The number of amides is 1. The van der Waals surface area contributed by atoms with Crippen molar-refractivity contribution in [2.24, 2.45) is 0 Å². The van der Waals surface area contributed by atoms with Crippen molar-refractivity contribution in [2.75, 3.05) is 18.4 Å². The van der Waals surface area contributed by atoms with Crippen molar-refractivity contribution >= 4 is 11.7 Å². The van der Waals surface area contributed by atoms with Gasteiger partial charge in [0, 0.05) is 36.5 Å². The molecule has 3 rings (SSSR count). The second kappa shape index (κ2) is 6.99. The Bertz CT molecular complexity index is 734. The van der Waals surface area contributed by atoms with Crippen molar-refractivity contribution in [3.05, 3.63) is 52.5 Å². The van der Waals surface area contributed by atoms with Crippen LogP contribution in [0.5, 0.6) is 0 Å². The van der Waals surface area contributed by atoms with Crippen LogP contribution in [0.15, 0.2) is 24.3 Å². The lowest BCUT2D eigenvalue weighted by molar-refractivity contribution is 0.0793. The second-order valence-electron chi connectivity index (χ2n) is 6.38. The summed E-state index contributed by atoms with van der Waals surface area (Å²) in [5, 5.41) is 3.37. The van der Waals surface area contributed by atoms with Gasteiger partial charge in [-0.2, -0.15) is 0 Å². The van der Waals surface area contributed by atoms with E-state index < -0.39 is 0 Å². The van der Waals surface area contributed by atoms with Gasteiger partial charge in [-0.3, -0.25) is 4.79 Å². The first-order chi connectivity index (χ1) is 11.5. The van der Waals surface area contributed by atoms with E-state index in [2.05, 4.69) is 15.3 Å². The number of aryl methyl sites for hydroxylation is 2. The average Bonchev–Trinajstić information content (AvgIpc) is 3.11. The molecule has 5 nitrogen and oxygen atoms in total. The third-order valence-electron chi connectivity index (χ3n) is 4.56. The molecule has 0 unspecified atom stereocenters. The molecule has 2 aromatic rings. The molecule has 1 N–H and O–H groups in total. The van der Waals surface area contributed by atoms with Crippen molar-refractivity contribution in [1.82, 2.24) is 14.9 Å². The molecule has 0 spiro atoms. The topological polar surface area (TPSA) is 58.1 Å². The molecule has 1 aromatic heterocycles. The standard InChI is InChI=1S/C19H24N4O/c1-13-14(2)21-15(3)22-18(13)20-12-16-6-8-17(9-7-16)19(24)23-10-4-5-11-23/h6-9H,4-5,10-12H2,1-3H3,(H,20,21,22). The highest BCUT2D eigenvalue weighted by Gasteiger charge is 2.19. The molecule has 1 aliphatic heterocycles. The van der Waals surface area contributed by atoms with Crippen molar-refractivity contribution in [1.29, 1.82) is 0 Å². The highest BCUT2D eigenvalue weighted by atomic mass is 16.2. The third-order valence-corrected chi connectivity index (χ3v) is 4.56. The molecular formula is C19H24N4O. The Morgan fingerprint density at radius 1 is 1.08 bits per heavy atom. The predicted octanol–water partition coefficient (Wildman–Crippen LogP) is 3.25. The first kappa shape index (κ1) is 16.4. The van der Waals surface area contributed by atoms with Gasteiger partial charge in [0.1, 0.15) is 11.6 Å². The van der Waals surface area contributed by atoms with E-state index in [1.165, 1.54) is 0 Å². The summed E-state index contributed by atoms with van der Waals surface area (Å²) in [6.45, 7) is 8.36. The molecule has 0 aliphatic carbocycles. The zero-order valence-electron chi connectivity index (χ0n) is 14.6. The van der Waals surface area contributed by atoms with E-state index in [9.17, 15) is 4.79 Å². The fraction of sp³-hybridized carbons (Fsp3) is 0.421. The Kier molecular flexibility index (Phi) is 4.79. The van der Waals surface area contributed by atoms with Crippen molar-refractivity contribution in [2.45, 2.75) is 40.2 Å². The summed E-state index contributed by atoms with van der Waals surface area (Å²) in [6, 6.07) is 7.85. The first-order valence-electron chi connectivity index (χ1n) is 8.48. The number of anilines is 1. The van der Waals surface area contributed by atoms with Gasteiger partial charge in [0.15, 0.2) is 0 Å². The molecule has 0 radical (unpaired) electrons. The number of carbonyl (C=O) groups is 1. The molecule has 2 heterocycles. The molecule has 0 atom stereocenters. The van der Waals surface area contributed by atoms with Crippen LogP contribution in [0.1, 0.15) is 45.8 Å². The van der Waals surface area contributed by atoms with E-state index in [0.717, 1.165) is 60.0 Å². The van der Waals surface area contributed by atoms with E-state index in [-0.39, 0.29) is 5.91 Å². The maximum absolute atomic E-state index is 12.4. The summed E-state index contributed by atoms with van der Waals surface area (Å²) in [4.78, 5) is 23.1. The lowest BCUT2D eigenvalue weighted by atomic mass is 10.1. The summed E-state index contributed by atoms with van der Waals surface area (Å²) < 4.78 is 0. The van der Waals surface area contributed by atoms with Crippen LogP contribution in [-0.2, 0) is 6.54 Å². The van der Waals surface area contributed by atoms with Crippen LogP contribution in [0.3, 0.4) is 0 Å². The van der Waals surface area contributed by atoms with Crippen LogP contribution in [0, 0.1) is 20.8 Å². The van der Waals surface area contributed by atoms with Gasteiger partial charge < -0.3 is 10.2 Å². The quantitative estimate of drug-likeness (QED) is 0.938. The smallest absolute Gasteiger partial charge is 0.253 e. The van der Waals surface area contributed by atoms with Gasteiger partial charge in [-0.15, -0.1) is 0 Å². The molecule has 126 valence electrons. The van der Waals surface area contributed by atoms with E-state index in [4.69, 9.17) is 0 Å². The molecule has 1 fully saturated rings. The monoisotopic (exact) mass is 324 g/mol. The Hall–Kier alpha value is -2.43. The van der Waals surface area contributed by atoms with Gasteiger partial charge in [0.25, 0.3) is 5.91 Å². The number of hydrogen-bond donors (Lipinski definition) is 1. The minimum Gasteiger partial charge on any atom is -0.366 e. The fourth-order valence-electron chi connectivity index (χ4n) is 2.99. The highest BCUT2D eigenvalue weighted by molar-refractivity contribution is 5.94. The van der Waals surface area contributed by atoms with E-state index in [0.29, 0.717) is 6.54 Å². The van der Waals surface area contributed by atoms with Crippen molar-refractivity contribution in [3.63, 3.8) is 0 Å². The maximum atomic E-state index is 12.4. The molecule has 1 amide bonds. The van der Waals surface area contributed by atoms with Crippen LogP contribution in [0.25, 0.3) is 0 Å². The Labute approximate surface area is 143 Å². The van der Waals surface area contributed by atoms with Gasteiger partial charge in [-0.25, -0.2) is 9.97 Å². The van der Waals surface area contributed by atoms with Crippen molar-refractivity contribution in [3.8, 4) is 0 Å². The fourth-order valence-corrected chi connectivity index (χ4v) is 2.99. The summed E-state index contributed by atoms with van der Waals surface area (Å²) in [5.41, 5.74) is 3.96. The molecule has 1 aliphatic rings. The minimum atomic E-state index is 0.143. The average molecular weight is 324 g/mol. The molecule has 1 aromatic carbocycles. The number of benzene rings is 1. The number of nitrogens with zero attached hydrogens (tertiary/aromatic N) is 3. The SMILES string of the molecule is Cc1nc(C)c(C)c(NCc2ccc(C(=O)N3CCCC3)cc2)n1. The summed E-state index contributed by atoms with van der Waals surface area (Å²) >= 11 is 0. The largest absolute Gasteiger partial charge is 0.366 e. The van der Waals surface area contributed by atoms with Gasteiger partial charge in [-0.1, -0.05) is 12.1 Å². The molecule has 0 saturated carbocycles. The highest BCUT2D eigenvalue weighted by Crippen LogP contribution is 2.17. The Morgan fingerprint density at radius 2 is 1.75 bits per heavy atom. The number of hydrogen-bond acceptors (Lipinski definition) is 4. The van der Waals surface area contributed by atoms with Crippen LogP contribution < -0.4 is 5.32 Å². The molecular weight excluding hydrogens is 300 g/mol. The number of aromatic nitrogens is 2. The van der Waals surface area contributed by atoms with E-state index in [1.807, 2.05) is 49.9 Å². The molecule has 0 bridgehead atoms. The summed E-state index contributed by atoms with van der Waals surface area (Å²) in [6.07, 6.45) is 2.23. The van der Waals surface area contributed by atoms with E-state index >= 15 is 0 Å². The van der Waals surface area contributed by atoms with Crippen molar-refractivity contribution < 1.29 is 4.79 Å². The zero-order valence-corrected chi connectivity index (χ0v) is 14.6. The Morgan fingerprint density at radius 3 is 2.42 bits per heavy atom. The Balaban J connectivity index is 1.65. The lowest BCUT2D eigenvalue weighted by Crippen LogP contribution is -2.27. The van der Waals surface area contributed by atoms with Gasteiger partial charge in [-0.05, 0) is 51.3 Å². The van der Waals surface area contributed by atoms with Crippen LogP contribution >= 0.6 is 0 Å². The maximum Gasteiger partial charge on any atom is 0.253 e. The van der Waals surface area contributed by atoms with Gasteiger partial charge >= 0.3 is 0 Å². The lowest BCUT2D eigenvalue weighted by Gasteiger charge is -2.15. The summed E-state index contributed by atoms with van der Waals surface area (Å²) in [7, 11) is 0. The van der Waals surface area contributed by atoms with Gasteiger partial charge in [0.2, 0.25) is 0 Å². The molecule has 24 heavy (non-hydrogen) atoms. The normalized spacial score (nSPS) is 14.0. The minimum absolute atomic E-state index is 0.143. The van der Waals surface area contributed by atoms with E-state index in [1.54, 1.807) is 0 Å².